The maximum absolute atomic E-state index is 13.9. The second-order valence-corrected chi connectivity index (χ2v) is 10.8. The second-order valence-electron chi connectivity index (χ2n) is 10.8. The Morgan fingerprint density at radius 3 is 2.24 bits per heavy atom. The first-order chi connectivity index (χ1) is 17.1. The number of amides is 1. The summed E-state index contributed by atoms with van der Waals surface area (Å²) in [6.07, 6.45) is 0.00662. The van der Waals surface area contributed by atoms with Gasteiger partial charge in [0.2, 0.25) is 5.91 Å². The molecule has 11 heteroatoms. The number of phenols is 1. The number of fused-ring (bicyclic) bond motifs is 3. The first-order valence-corrected chi connectivity index (χ1v) is 12.0. The summed E-state index contributed by atoms with van der Waals surface area (Å²) in [5.74, 6) is -11.2. The van der Waals surface area contributed by atoms with Crippen molar-refractivity contribution in [3.63, 3.8) is 0 Å². The fourth-order valence-electron chi connectivity index (χ4n) is 6.51. The lowest BCUT2D eigenvalue weighted by Gasteiger charge is -2.52. The molecule has 2 saturated carbocycles. The molecule has 0 spiro atoms. The highest BCUT2D eigenvalue weighted by molar-refractivity contribution is 6.32. The van der Waals surface area contributed by atoms with Crippen LogP contribution in [0.4, 0.5) is 5.69 Å². The van der Waals surface area contributed by atoms with Crippen molar-refractivity contribution in [3.05, 3.63) is 22.8 Å². The number of hydrogen-bond donors (Lipinski definition) is 3. The fourth-order valence-corrected chi connectivity index (χ4v) is 6.51. The third-order valence-electron chi connectivity index (χ3n) is 8.04. The summed E-state index contributed by atoms with van der Waals surface area (Å²) in [6, 6.07) is 0.485. The number of nitrogens with two attached hydrogens (primary N) is 1. The molecule has 6 atom stereocenters. The highest BCUT2D eigenvalue weighted by Crippen LogP contribution is 2.52. The Kier molecular flexibility index (Phi) is 6.36. The maximum atomic E-state index is 13.9. The van der Waals surface area contributed by atoms with Gasteiger partial charge in [-0.25, -0.2) is 0 Å². The molecule has 2 unspecified atom stereocenters. The van der Waals surface area contributed by atoms with Gasteiger partial charge in [0.1, 0.15) is 11.5 Å². The first-order valence-electron chi connectivity index (χ1n) is 12.0. The molecule has 4 N–H and O–H groups in total. The Morgan fingerprint density at radius 1 is 1.11 bits per heavy atom. The summed E-state index contributed by atoms with van der Waals surface area (Å²) >= 11 is 0. The van der Waals surface area contributed by atoms with E-state index in [0.717, 1.165) is 0 Å². The van der Waals surface area contributed by atoms with Crippen molar-refractivity contribution in [1.82, 2.24) is 4.90 Å². The van der Waals surface area contributed by atoms with Crippen molar-refractivity contribution in [2.24, 2.45) is 29.4 Å². The van der Waals surface area contributed by atoms with E-state index < -0.39 is 70.1 Å². The van der Waals surface area contributed by atoms with E-state index in [9.17, 15) is 39.0 Å². The average molecular weight is 514 g/mol. The number of aliphatic hydroxyl groups is 1. The predicted octanol–water partition coefficient (Wildman–Crippen LogP) is -0.935. The molecule has 198 valence electrons. The summed E-state index contributed by atoms with van der Waals surface area (Å²) in [5, 5.41) is 22.6. The summed E-state index contributed by atoms with van der Waals surface area (Å²) in [6.45, 7) is 1.35. The van der Waals surface area contributed by atoms with Gasteiger partial charge >= 0.3 is 0 Å². The van der Waals surface area contributed by atoms with Crippen molar-refractivity contribution < 1.29 is 39.0 Å². The lowest BCUT2D eigenvalue weighted by atomic mass is 9.52. The molecule has 0 heterocycles. The molecule has 11 nitrogen and oxygen atoms in total. The smallest absolute Gasteiger partial charge is 0.235 e. The number of primary amides is 1. The summed E-state index contributed by atoms with van der Waals surface area (Å²) in [5.41, 5.74) is 3.75. The van der Waals surface area contributed by atoms with Crippen molar-refractivity contribution >= 4 is 40.5 Å². The van der Waals surface area contributed by atoms with E-state index in [1.807, 2.05) is 0 Å². The van der Waals surface area contributed by atoms with Gasteiger partial charge in [0.15, 0.2) is 34.7 Å². The Balaban J connectivity index is 1.91. The lowest BCUT2D eigenvalue weighted by molar-refractivity contribution is -0.181. The van der Waals surface area contributed by atoms with Crippen LogP contribution in [0.25, 0.3) is 0 Å². The molecule has 4 rings (SSSR count). The number of likely N-dealkylation sites (N-methyl/N-ethyl adjacent to an activating group) is 1. The SMILES string of the molecule is CC(=O)Cc1cc(N(C)C)c2c(c1O)C(=O)C1C(=O)[C@]3(O)C(=O)C(C(N)=O)C(=O)[C@@H](N(C)C)[C@@H]3C[C@@H]1C2. The summed E-state index contributed by atoms with van der Waals surface area (Å²) in [4.78, 5) is 81.2. The van der Waals surface area contributed by atoms with Crippen molar-refractivity contribution in [2.75, 3.05) is 33.1 Å². The minimum atomic E-state index is -2.77. The van der Waals surface area contributed by atoms with Crippen LogP contribution < -0.4 is 10.6 Å². The molecule has 1 aromatic carbocycles. The third-order valence-corrected chi connectivity index (χ3v) is 8.04. The molecule has 3 aliphatic rings. The normalized spacial score (nSPS) is 31.1. The van der Waals surface area contributed by atoms with Crippen LogP contribution in [0.5, 0.6) is 5.75 Å². The number of aromatic hydroxyl groups is 1. The number of ketones is 5. The van der Waals surface area contributed by atoms with Crippen LogP contribution in [0.2, 0.25) is 0 Å². The van der Waals surface area contributed by atoms with Gasteiger partial charge in [-0.15, -0.1) is 0 Å². The monoisotopic (exact) mass is 513 g/mol. The van der Waals surface area contributed by atoms with Crippen LogP contribution in [0, 0.1) is 23.7 Å². The molecule has 37 heavy (non-hydrogen) atoms. The average Bonchev–Trinajstić information content (AvgIpc) is 2.77. The number of hydrogen-bond acceptors (Lipinski definition) is 10. The number of nitrogens with zero attached hydrogens (tertiary/aromatic N) is 2. The van der Waals surface area contributed by atoms with Crippen molar-refractivity contribution in [1.29, 1.82) is 0 Å². The number of benzene rings is 1. The summed E-state index contributed by atoms with van der Waals surface area (Å²) in [7, 11) is 6.56. The molecule has 0 aliphatic heterocycles. The van der Waals surface area contributed by atoms with Crippen LogP contribution >= 0.6 is 0 Å². The molecule has 0 radical (unpaired) electrons. The van der Waals surface area contributed by atoms with Gasteiger partial charge in [0, 0.05) is 37.7 Å². The van der Waals surface area contributed by atoms with E-state index in [0.29, 0.717) is 11.3 Å². The number of phenolic OH excluding ortho intramolecular Hbond substituents is 1. The van der Waals surface area contributed by atoms with E-state index in [1.54, 1.807) is 25.1 Å². The van der Waals surface area contributed by atoms with E-state index in [-0.39, 0.29) is 36.2 Å². The number of carbonyl (C=O) groups excluding carboxylic acids is 6. The van der Waals surface area contributed by atoms with Gasteiger partial charge in [-0.1, -0.05) is 0 Å². The highest BCUT2D eigenvalue weighted by Gasteiger charge is 2.69. The standard InChI is InChI=1S/C26H31N3O8/c1-10(30)6-12-9-15(28(2)3)13-7-11-8-14-19(29(4)5)22(33)18(25(27)36)24(35)26(14,37)23(34)16(11)21(32)17(13)20(12)31/h9,11,14,16,18-19,31,37H,6-8H2,1-5H3,(H2,27,36)/t11-,14-,16?,18?,19-,26-/m0/s1. The lowest BCUT2D eigenvalue weighted by Crippen LogP contribution is -2.74. The number of anilines is 1. The maximum Gasteiger partial charge on any atom is 0.235 e. The molecule has 0 aromatic heterocycles. The van der Waals surface area contributed by atoms with E-state index in [4.69, 9.17) is 5.73 Å². The van der Waals surface area contributed by atoms with E-state index in [1.165, 1.54) is 25.9 Å². The van der Waals surface area contributed by atoms with E-state index in [2.05, 4.69) is 0 Å². The second kappa shape index (κ2) is 8.84. The van der Waals surface area contributed by atoms with Gasteiger partial charge in [-0.2, -0.15) is 0 Å². The van der Waals surface area contributed by atoms with Crippen molar-refractivity contribution in [3.8, 4) is 5.75 Å². The molecule has 0 saturated heterocycles. The number of rotatable bonds is 5. The molecular formula is C26H31N3O8. The van der Waals surface area contributed by atoms with Gasteiger partial charge in [0.25, 0.3) is 0 Å². The molecule has 3 aliphatic carbocycles. The zero-order chi connectivity index (χ0) is 27.7. The fraction of sp³-hybridized carbons (Fsp3) is 0.538. The quantitative estimate of drug-likeness (QED) is 0.417. The molecular weight excluding hydrogens is 482 g/mol. The first kappa shape index (κ1) is 26.6. The van der Waals surface area contributed by atoms with E-state index >= 15 is 0 Å². The molecule has 2 fully saturated rings. The predicted molar refractivity (Wildman–Crippen MR) is 130 cm³/mol. The zero-order valence-electron chi connectivity index (χ0n) is 21.4. The topological polar surface area (TPSA) is 175 Å². The Morgan fingerprint density at radius 2 is 1.73 bits per heavy atom. The number of Topliss-reactive ketones (excluding diaryl/α,β-unsaturated/α-hetero) is 5. The van der Waals surface area contributed by atoms with Crippen LogP contribution in [-0.4, -0.2) is 89.8 Å². The molecule has 1 amide bonds. The van der Waals surface area contributed by atoms with Crippen molar-refractivity contribution in [2.45, 2.75) is 37.8 Å². The van der Waals surface area contributed by atoms with Crippen LogP contribution in [0.15, 0.2) is 6.07 Å². The van der Waals surface area contributed by atoms with Gasteiger partial charge in [0.05, 0.1) is 17.5 Å². The minimum Gasteiger partial charge on any atom is -0.507 e. The van der Waals surface area contributed by atoms with Crippen LogP contribution in [0.3, 0.4) is 0 Å². The minimum absolute atomic E-state index is 0.0211. The third kappa shape index (κ3) is 3.71. The largest absolute Gasteiger partial charge is 0.507 e. The highest BCUT2D eigenvalue weighted by atomic mass is 16.3. The number of carbonyl (C=O) groups is 6. The Labute approximate surface area is 213 Å². The van der Waals surface area contributed by atoms with Gasteiger partial charge in [-0.05, 0) is 51.4 Å². The van der Waals surface area contributed by atoms with Gasteiger partial charge in [-0.3, -0.25) is 33.7 Å². The van der Waals surface area contributed by atoms with Gasteiger partial charge < -0.3 is 20.8 Å². The molecule has 0 bridgehead atoms. The molecule has 1 aromatic rings. The zero-order valence-corrected chi connectivity index (χ0v) is 21.4. The Bertz CT molecular complexity index is 1270. The van der Waals surface area contributed by atoms with Crippen LogP contribution in [0.1, 0.15) is 34.8 Å². The Hall–Kier alpha value is -3.44. The van der Waals surface area contributed by atoms with Crippen LogP contribution in [-0.2, 0) is 36.8 Å². The summed E-state index contributed by atoms with van der Waals surface area (Å²) < 4.78 is 0.